The highest BCUT2D eigenvalue weighted by Crippen LogP contribution is 2.06. The van der Waals surface area contributed by atoms with Gasteiger partial charge in [0.15, 0.2) is 0 Å². The summed E-state index contributed by atoms with van der Waals surface area (Å²) in [5.41, 5.74) is 2.23. The van der Waals surface area contributed by atoms with Crippen LogP contribution in [0.25, 0.3) is 0 Å². The lowest BCUT2D eigenvalue weighted by Gasteiger charge is -2.05. The fourth-order valence-corrected chi connectivity index (χ4v) is 1.33. The number of pyridine rings is 2. The Morgan fingerprint density at radius 2 is 1.93 bits per heavy atom. The number of hydrogen-bond donors (Lipinski definition) is 1. The summed E-state index contributed by atoms with van der Waals surface area (Å²) in [6.45, 7) is 2.76. The second-order valence-electron chi connectivity index (χ2n) is 3.37. The van der Waals surface area contributed by atoms with Crippen LogP contribution in [0.5, 0.6) is 0 Å². The fourth-order valence-electron chi connectivity index (χ4n) is 1.33. The number of nitrogens with zero attached hydrogens (tertiary/aromatic N) is 2. The Hall–Kier alpha value is -1.90. The van der Waals surface area contributed by atoms with Crippen molar-refractivity contribution in [3.63, 3.8) is 0 Å². The maximum absolute atomic E-state index is 4.36. The molecule has 3 heteroatoms. The topological polar surface area (TPSA) is 37.8 Å². The molecule has 0 bridgehead atoms. The summed E-state index contributed by atoms with van der Waals surface area (Å²) in [5.74, 6) is 0.909. The van der Waals surface area contributed by atoms with Gasteiger partial charge >= 0.3 is 0 Å². The van der Waals surface area contributed by atoms with Crippen LogP contribution < -0.4 is 5.32 Å². The van der Waals surface area contributed by atoms with Crippen molar-refractivity contribution in [1.29, 1.82) is 0 Å². The molecule has 0 radical (unpaired) electrons. The molecule has 2 aromatic heterocycles. The van der Waals surface area contributed by atoms with E-state index in [-0.39, 0.29) is 0 Å². The summed E-state index contributed by atoms with van der Waals surface area (Å²) in [6, 6.07) is 9.93. The van der Waals surface area contributed by atoms with Crippen molar-refractivity contribution in [2.45, 2.75) is 13.5 Å². The molecule has 0 unspecified atom stereocenters. The smallest absolute Gasteiger partial charge is 0.126 e. The van der Waals surface area contributed by atoms with Crippen LogP contribution in [0.2, 0.25) is 0 Å². The summed E-state index contributed by atoms with van der Waals surface area (Å²) < 4.78 is 0. The predicted molar refractivity (Wildman–Crippen MR) is 60.5 cm³/mol. The number of rotatable bonds is 3. The van der Waals surface area contributed by atoms with Gasteiger partial charge in [0.2, 0.25) is 0 Å². The molecule has 3 nitrogen and oxygen atoms in total. The zero-order valence-electron chi connectivity index (χ0n) is 8.64. The Morgan fingerprint density at radius 3 is 2.67 bits per heavy atom. The van der Waals surface area contributed by atoms with Crippen molar-refractivity contribution in [2.75, 3.05) is 5.32 Å². The van der Waals surface area contributed by atoms with E-state index in [1.807, 2.05) is 37.3 Å². The Bertz CT molecular complexity index is 426. The third kappa shape index (κ3) is 2.77. The molecule has 2 rings (SSSR count). The van der Waals surface area contributed by atoms with Gasteiger partial charge in [0.05, 0.1) is 0 Å². The molecular weight excluding hydrogens is 186 g/mol. The maximum Gasteiger partial charge on any atom is 0.126 e. The fraction of sp³-hybridized carbons (Fsp3) is 0.167. The molecule has 0 aliphatic heterocycles. The quantitative estimate of drug-likeness (QED) is 0.824. The first-order chi connectivity index (χ1) is 7.34. The van der Waals surface area contributed by atoms with Gasteiger partial charge in [0.1, 0.15) is 5.82 Å². The molecule has 1 N–H and O–H groups in total. The van der Waals surface area contributed by atoms with Gasteiger partial charge in [-0.05, 0) is 36.8 Å². The molecule has 0 aliphatic rings. The van der Waals surface area contributed by atoms with Crippen molar-refractivity contribution in [3.8, 4) is 0 Å². The molecule has 0 aromatic carbocycles. The molecule has 76 valence electrons. The minimum Gasteiger partial charge on any atom is -0.366 e. The van der Waals surface area contributed by atoms with Crippen LogP contribution in [0.3, 0.4) is 0 Å². The third-order valence-electron chi connectivity index (χ3n) is 2.11. The average Bonchev–Trinajstić information content (AvgIpc) is 2.28. The minimum atomic E-state index is 0.777. The lowest BCUT2D eigenvalue weighted by Crippen LogP contribution is -2.01. The van der Waals surface area contributed by atoms with E-state index in [1.54, 1.807) is 12.4 Å². The summed E-state index contributed by atoms with van der Waals surface area (Å²) in [5, 5.41) is 3.26. The number of nitrogens with one attached hydrogen (secondary N) is 1. The van der Waals surface area contributed by atoms with Gasteiger partial charge in [0, 0.05) is 24.6 Å². The van der Waals surface area contributed by atoms with Gasteiger partial charge < -0.3 is 5.32 Å². The van der Waals surface area contributed by atoms with Crippen molar-refractivity contribution in [2.24, 2.45) is 0 Å². The summed E-state index contributed by atoms with van der Waals surface area (Å²) in [4.78, 5) is 8.33. The Labute approximate surface area is 89.2 Å². The second-order valence-corrected chi connectivity index (χ2v) is 3.37. The number of aromatic nitrogens is 2. The van der Waals surface area contributed by atoms with Crippen LogP contribution in [0.1, 0.15) is 11.3 Å². The summed E-state index contributed by atoms with van der Waals surface area (Å²) >= 11 is 0. The van der Waals surface area contributed by atoms with Crippen LogP contribution in [-0.4, -0.2) is 9.97 Å². The highest BCUT2D eigenvalue weighted by atomic mass is 15.0. The molecule has 2 aromatic rings. The molecule has 0 saturated heterocycles. The zero-order chi connectivity index (χ0) is 10.5. The van der Waals surface area contributed by atoms with E-state index in [1.165, 1.54) is 5.56 Å². The highest BCUT2D eigenvalue weighted by Gasteiger charge is 1.94. The molecule has 0 amide bonds. The predicted octanol–water partition coefficient (Wildman–Crippen LogP) is 2.40. The highest BCUT2D eigenvalue weighted by molar-refractivity contribution is 5.36. The zero-order valence-corrected chi connectivity index (χ0v) is 8.64. The SMILES string of the molecule is Cc1cccc(NCc2ccncc2)n1. The number of anilines is 1. The molecule has 0 saturated carbocycles. The maximum atomic E-state index is 4.36. The molecule has 2 heterocycles. The Balaban J connectivity index is 1.99. The van der Waals surface area contributed by atoms with Gasteiger partial charge in [-0.2, -0.15) is 0 Å². The average molecular weight is 199 g/mol. The minimum absolute atomic E-state index is 0.777. The van der Waals surface area contributed by atoms with Gasteiger partial charge in [-0.15, -0.1) is 0 Å². The lowest BCUT2D eigenvalue weighted by molar-refractivity contribution is 1.08. The van der Waals surface area contributed by atoms with Crippen molar-refractivity contribution < 1.29 is 0 Å². The van der Waals surface area contributed by atoms with E-state index in [0.717, 1.165) is 18.1 Å². The standard InChI is InChI=1S/C12H13N3/c1-10-3-2-4-12(15-10)14-9-11-5-7-13-8-6-11/h2-8H,9H2,1H3,(H,14,15). The van der Waals surface area contributed by atoms with Crippen LogP contribution in [0, 0.1) is 6.92 Å². The number of aryl methyl sites for hydroxylation is 1. The van der Waals surface area contributed by atoms with Gasteiger partial charge in [-0.1, -0.05) is 6.07 Å². The number of hydrogen-bond acceptors (Lipinski definition) is 3. The van der Waals surface area contributed by atoms with Crippen molar-refractivity contribution >= 4 is 5.82 Å². The molecule has 0 atom stereocenters. The normalized spacial score (nSPS) is 9.93. The molecule has 0 fully saturated rings. The second kappa shape index (κ2) is 4.55. The van der Waals surface area contributed by atoms with E-state index < -0.39 is 0 Å². The van der Waals surface area contributed by atoms with Gasteiger partial charge in [0.25, 0.3) is 0 Å². The van der Waals surface area contributed by atoms with Crippen LogP contribution in [0.4, 0.5) is 5.82 Å². The molecule has 0 spiro atoms. The van der Waals surface area contributed by atoms with Crippen LogP contribution in [0.15, 0.2) is 42.7 Å². The van der Waals surface area contributed by atoms with Crippen LogP contribution >= 0.6 is 0 Å². The van der Waals surface area contributed by atoms with E-state index in [9.17, 15) is 0 Å². The first-order valence-corrected chi connectivity index (χ1v) is 4.91. The van der Waals surface area contributed by atoms with Gasteiger partial charge in [-0.3, -0.25) is 4.98 Å². The Kier molecular flexibility index (Phi) is 2.93. The lowest BCUT2D eigenvalue weighted by atomic mass is 10.3. The van der Waals surface area contributed by atoms with Crippen LogP contribution in [-0.2, 0) is 6.54 Å². The third-order valence-corrected chi connectivity index (χ3v) is 2.11. The monoisotopic (exact) mass is 199 g/mol. The molecule has 15 heavy (non-hydrogen) atoms. The largest absolute Gasteiger partial charge is 0.366 e. The first kappa shape index (κ1) is 9.65. The van der Waals surface area contributed by atoms with Crippen molar-refractivity contribution in [1.82, 2.24) is 9.97 Å². The summed E-state index contributed by atoms with van der Waals surface area (Å²) in [7, 11) is 0. The first-order valence-electron chi connectivity index (χ1n) is 4.91. The summed E-state index contributed by atoms with van der Waals surface area (Å²) in [6.07, 6.45) is 3.58. The molecular formula is C12H13N3. The van der Waals surface area contributed by atoms with Crippen molar-refractivity contribution in [3.05, 3.63) is 54.0 Å². The van der Waals surface area contributed by atoms with E-state index >= 15 is 0 Å². The van der Waals surface area contributed by atoms with E-state index in [2.05, 4.69) is 15.3 Å². The van der Waals surface area contributed by atoms with E-state index in [0.29, 0.717) is 0 Å². The Morgan fingerprint density at radius 1 is 1.13 bits per heavy atom. The van der Waals surface area contributed by atoms with E-state index in [4.69, 9.17) is 0 Å². The molecule has 0 aliphatic carbocycles. The van der Waals surface area contributed by atoms with Gasteiger partial charge in [-0.25, -0.2) is 4.98 Å².